The largest absolute Gasteiger partial charge is 0.389 e. The van der Waals surface area contributed by atoms with Crippen LogP contribution in [0.5, 0.6) is 0 Å². The summed E-state index contributed by atoms with van der Waals surface area (Å²) in [5, 5.41) is 25.9. The molecule has 10 nitrogen and oxygen atoms in total. The number of carbonyl (C=O) groups excluding carboxylic acids is 1. The van der Waals surface area contributed by atoms with Crippen LogP contribution in [-0.4, -0.2) is 52.3 Å². The van der Waals surface area contributed by atoms with Crippen LogP contribution in [-0.2, 0) is 6.54 Å². The maximum absolute atomic E-state index is 15.3. The Morgan fingerprint density at radius 1 is 1.24 bits per heavy atom. The van der Waals surface area contributed by atoms with Gasteiger partial charge >= 0.3 is 0 Å². The summed E-state index contributed by atoms with van der Waals surface area (Å²) in [4.78, 5) is 17.8. The number of alkyl halides is 1. The molecule has 2 N–H and O–H groups in total. The number of anilines is 1. The molecule has 1 unspecified atom stereocenters. The molecule has 12 heteroatoms. The molecule has 0 spiro atoms. The van der Waals surface area contributed by atoms with Gasteiger partial charge < -0.3 is 14.9 Å². The molecule has 1 amide bonds. The van der Waals surface area contributed by atoms with Crippen molar-refractivity contribution in [2.45, 2.75) is 65.3 Å². The zero-order valence-corrected chi connectivity index (χ0v) is 23.2. The highest BCUT2D eigenvalue weighted by Crippen LogP contribution is 2.43. The number of fused-ring (bicyclic) bond motifs is 1. The molecule has 6 rings (SSSR count). The number of halogens is 2. The van der Waals surface area contributed by atoms with Crippen LogP contribution in [0.2, 0.25) is 0 Å². The molecular weight excluding hydrogens is 532 g/mol. The Hall–Kier alpha value is -4.45. The Balaban J connectivity index is 1.32. The Morgan fingerprint density at radius 2 is 2.00 bits per heavy atom. The van der Waals surface area contributed by atoms with E-state index in [2.05, 4.69) is 25.7 Å². The van der Waals surface area contributed by atoms with Gasteiger partial charge in [-0.2, -0.15) is 15.2 Å². The third kappa shape index (κ3) is 4.99. The van der Waals surface area contributed by atoms with E-state index >= 15 is 4.39 Å². The number of nitrogens with zero attached hydrogens (tertiary/aromatic N) is 6. The van der Waals surface area contributed by atoms with Crippen LogP contribution >= 0.6 is 0 Å². The zero-order chi connectivity index (χ0) is 29.2. The highest BCUT2D eigenvalue weighted by molar-refractivity contribution is 6.09. The van der Waals surface area contributed by atoms with Crippen LogP contribution in [0.15, 0.2) is 41.2 Å². The van der Waals surface area contributed by atoms with Gasteiger partial charge in [0.05, 0.1) is 47.2 Å². The van der Waals surface area contributed by atoms with Crippen LogP contribution in [0.25, 0.3) is 28.0 Å². The molecule has 2 atom stereocenters. The number of rotatable bonds is 7. The first-order valence-corrected chi connectivity index (χ1v) is 13.2. The van der Waals surface area contributed by atoms with Crippen LogP contribution in [0.3, 0.4) is 0 Å². The minimum absolute atomic E-state index is 0.240. The summed E-state index contributed by atoms with van der Waals surface area (Å²) in [6, 6.07) is 6.92. The van der Waals surface area contributed by atoms with E-state index in [1.807, 2.05) is 19.9 Å². The molecule has 1 fully saturated rings. The van der Waals surface area contributed by atoms with Crippen LogP contribution in [0.4, 0.5) is 14.5 Å². The summed E-state index contributed by atoms with van der Waals surface area (Å²) in [7, 11) is 0. The molecule has 0 aliphatic heterocycles. The topological polar surface area (TPSA) is 123 Å². The normalized spacial score (nSPS) is 16.9. The standard InChI is InChI=1S/C29H29F2N7O3/c1-14-6-7-17(26-34-28(41-36-26)19-9-21(19)30)8-23(14)33-27(39)20-11-32-37-12-22(31)18(10-24(20)37)25-15(2)35-38(16(25)3)13-29(4,5)40/h6-8,10-12,19,21,40H,9,13H2,1-5H3,(H,33,39)/t19?,21-/m0/s1. The van der Waals surface area contributed by atoms with Gasteiger partial charge in [0.1, 0.15) is 12.0 Å². The van der Waals surface area contributed by atoms with Crippen molar-refractivity contribution < 1.29 is 23.2 Å². The minimum Gasteiger partial charge on any atom is -0.389 e. The Labute approximate surface area is 234 Å². The van der Waals surface area contributed by atoms with E-state index < -0.39 is 23.5 Å². The van der Waals surface area contributed by atoms with Crippen molar-refractivity contribution in [2.75, 3.05) is 5.32 Å². The second-order valence-electron chi connectivity index (χ2n) is 11.2. The third-order valence-electron chi connectivity index (χ3n) is 7.26. The van der Waals surface area contributed by atoms with Gasteiger partial charge in [-0.3, -0.25) is 9.48 Å². The maximum Gasteiger partial charge on any atom is 0.259 e. The van der Waals surface area contributed by atoms with Gasteiger partial charge in [-0.1, -0.05) is 17.3 Å². The predicted octanol–water partition coefficient (Wildman–Crippen LogP) is 5.16. The summed E-state index contributed by atoms with van der Waals surface area (Å²) in [5.41, 5.74) is 3.75. The van der Waals surface area contributed by atoms with Crippen LogP contribution in [0.1, 0.15) is 59.4 Å². The Bertz CT molecular complexity index is 1810. The van der Waals surface area contributed by atoms with E-state index in [1.165, 1.54) is 16.9 Å². The van der Waals surface area contributed by atoms with Crippen LogP contribution in [0, 0.1) is 26.6 Å². The number of benzene rings is 1. The number of hydrogen-bond donors (Lipinski definition) is 2. The summed E-state index contributed by atoms with van der Waals surface area (Å²) in [5.74, 6) is -0.730. The van der Waals surface area contributed by atoms with E-state index in [4.69, 9.17) is 4.52 Å². The monoisotopic (exact) mass is 561 g/mol. The molecule has 4 aromatic heterocycles. The fraction of sp³-hybridized carbons (Fsp3) is 0.345. The average Bonchev–Trinajstić information content (AvgIpc) is 3.21. The highest BCUT2D eigenvalue weighted by Gasteiger charge is 2.43. The number of hydrogen-bond acceptors (Lipinski definition) is 7. The number of pyridine rings is 1. The van der Waals surface area contributed by atoms with E-state index in [1.54, 1.807) is 43.7 Å². The van der Waals surface area contributed by atoms with E-state index in [0.29, 0.717) is 46.0 Å². The molecule has 4 heterocycles. The number of carbonyl (C=O) groups is 1. The molecule has 1 saturated carbocycles. The molecule has 1 aromatic carbocycles. The number of aromatic nitrogens is 6. The van der Waals surface area contributed by atoms with E-state index in [9.17, 15) is 14.3 Å². The van der Waals surface area contributed by atoms with Gasteiger partial charge in [0, 0.05) is 28.1 Å². The fourth-order valence-corrected chi connectivity index (χ4v) is 4.98. The van der Waals surface area contributed by atoms with Crippen molar-refractivity contribution in [1.82, 2.24) is 29.5 Å². The van der Waals surface area contributed by atoms with Crippen molar-refractivity contribution in [3.05, 3.63) is 70.9 Å². The average molecular weight is 562 g/mol. The van der Waals surface area contributed by atoms with Gasteiger partial charge in [-0.15, -0.1) is 0 Å². The predicted molar refractivity (Wildman–Crippen MR) is 147 cm³/mol. The molecule has 1 aliphatic carbocycles. The molecule has 5 aromatic rings. The van der Waals surface area contributed by atoms with Crippen LogP contribution < -0.4 is 5.32 Å². The highest BCUT2D eigenvalue weighted by atomic mass is 19.1. The minimum atomic E-state index is -1.00. The van der Waals surface area contributed by atoms with Crippen molar-refractivity contribution in [3.63, 3.8) is 0 Å². The second-order valence-corrected chi connectivity index (χ2v) is 11.2. The fourth-order valence-electron chi connectivity index (χ4n) is 4.98. The van der Waals surface area contributed by atoms with Gasteiger partial charge in [-0.25, -0.2) is 13.3 Å². The SMILES string of the molecule is Cc1ccc(-c2noc(C3C[C@@H]3F)n2)cc1NC(=O)c1cnn2cc(F)c(-c3c(C)nn(CC(C)(C)O)c3C)cc12. The van der Waals surface area contributed by atoms with Gasteiger partial charge in [-0.05, 0) is 58.7 Å². The van der Waals surface area contributed by atoms with Gasteiger partial charge in [0.2, 0.25) is 11.7 Å². The lowest BCUT2D eigenvalue weighted by atomic mass is 10.0. The van der Waals surface area contributed by atoms with Gasteiger partial charge in [0.15, 0.2) is 0 Å². The zero-order valence-electron chi connectivity index (χ0n) is 23.2. The first kappa shape index (κ1) is 26.8. The lowest BCUT2D eigenvalue weighted by molar-refractivity contribution is 0.0570. The first-order valence-electron chi connectivity index (χ1n) is 13.2. The van der Waals surface area contributed by atoms with Crippen molar-refractivity contribution in [2.24, 2.45) is 0 Å². The lowest BCUT2D eigenvalue weighted by Gasteiger charge is -2.18. The number of aryl methyl sites for hydroxylation is 2. The molecule has 0 saturated heterocycles. The molecule has 0 radical (unpaired) electrons. The van der Waals surface area contributed by atoms with Crippen molar-refractivity contribution in [3.8, 4) is 22.5 Å². The number of amides is 1. The lowest BCUT2D eigenvalue weighted by Crippen LogP contribution is -2.27. The summed E-state index contributed by atoms with van der Waals surface area (Å²) >= 11 is 0. The first-order chi connectivity index (χ1) is 19.4. The number of nitrogens with one attached hydrogen (secondary N) is 1. The molecule has 1 aliphatic rings. The second kappa shape index (κ2) is 9.58. The molecular formula is C29H29F2N7O3. The quantitative estimate of drug-likeness (QED) is 0.281. The smallest absolute Gasteiger partial charge is 0.259 e. The summed E-state index contributed by atoms with van der Waals surface area (Å²) in [6.45, 7) is 9.04. The number of aliphatic hydroxyl groups is 1. The van der Waals surface area contributed by atoms with Gasteiger partial charge in [0.25, 0.3) is 5.91 Å². The Kier molecular flexibility index (Phi) is 6.25. The van der Waals surface area contributed by atoms with E-state index in [0.717, 1.165) is 5.56 Å². The summed E-state index contributed by atoms with van der Waals surface area (Å²) < 4.78 is 36.9. The van der Waals surface area contributed by atoms with Crippen molar-refractivity contribution in [1.29, 1.82) is 0 Å². The summed E-state index contributed by atoms with van der Waals surface area (Å²) in [6.07, 6.45) is 2.05. The molecule has 0 bridgehead atoms. The molecule has 212 valence electrons. The molecule has 41 heavy (non-hydrogen) atoms. The Morgan fingerprint density at radius 3 is 2.71 bits per heavy atom. The maximum atomic E-state index is 15.3. The third-order valence-corrected chi connectivity index (χ3v) is 7.26. The van der Waals surface area contributed by atoms with Crippen molar-refractivity contribution >= 4 is 17.1 Å². The van der Waals surface area contributed by atoms with E-state index in [-0.39, 0.29) is 29.5 Å².